The summed E-state index contributed by atoms with van der Waals surface area (Å²) in [6.07, 6.45) is 0. The predicted molar refractivity (Wildman–Crippen MR) is 51.5 cm³/mol. The van der Waals surface area contributed by atoms with E-state index in [-0.39, 0.29) is 17.0 Å². The zero-order valence-corrected chi connectivity index (χ0v) is 9.12. The average molecular weight is 256 g/mol. The Morgan fingerprint density at radius 2 is 1.77 bits per heavy atom. The van der Waals surface area contributed by atoms with Crippen LogP contribution in [0.25, 0.3) is 0 Å². The van der Waals surface area contributed by atoms with E-state index < -0.39 is 23.9 Å². The van der Waals surface area contributed by atoms with E-state index in [1.165, 1.54) is 19.3 Å². The standard InChI is InChI=1S/C6H13N3O3.BrH/c1-3(7)5(10)8-4(2)6(11)9-12;/h3-4,12H,7H2,1-2H3,(H,8,10)(H,9,11);1H/t3-,4?;/m1./s1. The number of halogens is 1. The third kappa shape index (κ3) is 5.56. The van der Waals surface area contributed by atoms with E-state index in [9.17, 15) is 9.59 Å². The molecular formula is C6H14BrN3O3. The Hall–Kier alpha value is -0.660. The minimum Gasteiger partial charge on any atom is -0.343 e. The highest BCUT2D eigenvalue weighted by Crippen LogP contribution is 1.83. The molecule has 6 nitrogen and oxygen atoms in total. The van der Waals surface area contributed by atoms with Gasteiger partial charge in [-0.1, -0.05) is 0 Å². The highest BCUT2D eigenvalue weighted by Gasteiger charge is 2.16. The van der Waals surface area contributed by atoms with Gasteiger partial charge in [0.2, 0.25) is 5.91 Å². The number of hydrogen-bond acceptors (Lipinski definition) is 4. The Kier molecular flexibility index (Phi) is 7.78. The fourth-order valence-electron chi connectivity index (χ4n) is 0.507. The maximum absolute atomic E-state index is 10.9. The van der Waals surface area contributed by atoms with Gasteiger partial charge in [-0.3, -0.25) is 14.8 Å². The predicted octanol–water partition coefficient (Wildman–Crippen LogP) is -1.08. The van der Waals surface area contributed by atoms with Gasteiger partial charge in [-0.05, 0) is 13.8 Å². The molecule has 78 valence electrons. The second-order valence-corrected chi connectivity index (χ2v) is 2.50. The lowest BCUT2D eigenvalue weighted by molar-refractivity contribution is -0.134. The molecule has 0 aliphatic rings. The van der Waals surface area contributed by atoms with Gasteiger partial charge in [0, 0.05) is 0 Å². The summed E-state index contributed by atoms with van der Waals surface area (Å²) in [5.41, 5.74) is 6.63. The SMILES string of the molecule is Br.CC(NC(=O)[C@@H](C)N)C(=O)NO. The largest absolute Gasteiger partial charge is 0.343 e. The van der Waals surface area contributed by atoms with Crippen molar-refractivity contribution in [2.45, 2.75) is 25.9 Å². The number of hydrogen-bond donors (Lipinski definition) is 4. The lowest BCUT2D eigenvalue weighted by Crippen LogP contribution is -2.48. The van der Waals surface area contributed by atoms with Crippen molar-refractivity contribution in [2.24, 2.45) is 5.73 Å². The van der Waals surface area contributed by atoms with E-state index in [0.29, 0.717) is 0 Å². The van der Waals surface area contributed by atoms with Crippen LogP contribution in [0.2, 0.25) is 0 Å². The fourth-order valence-corrected chi connectivity index (χ4v) is 0.507. The van der Waals surface area contributed by atoms with E-state index in [1.54, 1.807) is 0 Å². The molecule has 0 fully saturated rings. The maximum Gasteiger partial charge on any atom is 0.265 e. The van der Waals surface area contributed by atoms with E-state index in [0.717, 1.165) is 0 Å². The number of hydroxylamine groups is 1. The molecule has 0 aromatic heterocycles. The molecular weight excluding hydrogens is 242 g/mol. The van der Waals surface area contributed by atoms with Crippen molar-refractivity contribution in [2.75, 3.05) is 0 Å². The monoisotopic (exact) mass is 255 g/mol. The molecule has 0 aromatic carbocycles. The van der Waals surface area contributed by atoms with Gasteiger partial charge >= 0.3 is 0 Å². The minimum absolute atomic E-state index is 0. The van der Waals surface area contributed by atoms with Crippen molar-refractivity contribution < 1.29 is 14.8 Å². The quantitative estimate of drug-likeness (QED) is 0.381. The second-order valence-electron chi connectivity index (χ2n) is 2.50. The molecule has 7 heteroatoms. The van der Waals surface area contributed by atoms with Crippen LogP contribution >= 0.6 is 17.0 Å². The van der Waals surface area contributed by atoms with Crippen LogP contribution in [-0.4, -0.2) is 29.1 Å². The first kappa shape index (κ1) is 14.8. The van der Waals surface area contributed by atoms with E-state index >= 15 is 0 Å². The Bertz CT molecular complexity index is 186. The molecule has 0 aromatic rings. The zero-order chi connectivity index (χ0) is 9.72. The van der Waals surface area contributed by atoms with Gasteiger partial charge in [0.05, 0.1) is 6.04 Å². The van der Waals surface area contributed by atoms with Crippen molar-refractivity contribution >= 4 is 28.8 Å². The topological polar surface area (TPSA) is 104 Å². The van der Waals surface area contributed by atoms with Crippen LogP contribution in [0.4, 0.5) is 0 Å². The van der Waals surface area contributed by atoms with Crippen LogP contribution in [-0.2, 0) is 9.59 Å². The average Bonchev–Trinajstić information content (AvgIpc) is 2.02. The summed E-state index contributed by atoms with van der Waals surface area (Å²) in [5.74, 6) is -1.12. The Labute approximate surface area is 86.6 Å². The molecule has 2 atom stereocenters. The van der Waals surface area contributed by atoms with Gasteiger partial charge in [-0.2, -0.15) is 0 Å². The van der Waals surface area contributed by atoms with Crippen LogP contribution in [0.15, 0.2) is 0 Å². The van der Waals surface area contributed by atoms with Gasteiger partial charge < -0.3 is 11.1 Å². The summed E-state index contributed by atoms with van der Waals surface area (Å²) in [6, 6.07) is -1.45. The first-order chi connectivity index (χ1) is 5.49. The summed E-state index contributed by atoms with van der Waals surface area (Å²) >= 11 is 0. The number of nitrogens with two attached hydrogens (primary N) is 1. The summed E-state index contributed by atoms with van der Waals surface area (Å²) < 4.78 is 0. The van der Waals surface area contributed by atoms with Crippen molar-refractivity contribution in [1.29, 1.82) is 0 Å². The summed E-state index contributed by atoms with van der Waals surface area (Å²) in [7, 11) is 0. The minimum atomic E-state index is -0.784. The van der Waals surface area contributed by atoms with E-state index in [2.05, 4.69) is 5.32 Å². The van der Waals surface area contributed by atoms with Gasteiger partial charge in [0.15, 0.2) is 0 Å². The van der Waals surface area contributed by atoms with Crippen molar-refractivity contribution in [3.05, 3.63) is 0 Å². The van der Waals surface area contributed by atoms with Crippen LogP contribution in [0.5, 0.6) is 0 Å². The first-order valence-corrected chi connectivity index (χ1v) is 3.49. The normalized spacial score (nSPS) is 13.5. The van der Waals surface area contributed by atoms with Crippen molar-refractivity contribution in [1.82, 2.24) is 10.8 Å². The van der Waals surface area contributed by atoms with E-state index in [1.807, 2.05) is 0 Å². The molecule has 5 N–H and O–H groups in total. The highest BCUT2D eigenvalue weighted by molar-refractivity contribution is 8.93. The molecule has 0 aliphatic heterocycles. The fraction of sp³-hybridized carbons (Fsp3) is 0.667. The second kappa shape index (κ2) is 6.81. The Balaban J connectivity index is 0. The molecule has 2 amide bonds. The number of rotatable bonds is 3. The number of carbonyl (C=O) groups is 2. The van der Waals surface area contributed by atoms with Gasteiger partial charge in [-0.25, -0.2) is 5.48 Å². The maximum atomic E-state index is 10.9. The smallest absolute Gasteiger partial charge is 0.265 e. The molecule has 0 aliphatic carbocycles. The molecule has 0 saturated heterocycles. The Morgan fingerprint density at radius 1 is 1.31 bits per heavy atom. The number of carbonyl (C=O) groups excluding carboxylic acids is 2. The summed E-state index contributed by atoms with van der Waals surface area (Å²) in [5, 5.41) is 10.5. The van der Waals surface area contributed by atoms with Crippen LogP contribution in [0.1, 0.15) is 13.8 Å². The van der Waals surface area contributed by atoms with Gasteiger partial charge in [-0.15, -0.1) is 17.0 Å². The van der Waals surface area contributed by atoms with Crippen molar-refractivity contribution in [3.8, 4) is 0 Å². The van der Waals surface area contributed by atoms with E-state index in [4.69, 9.17) is 10.9 Å². The lowest BCUT2D eigenvalue weighted by atomic mass is 10.2. The third-order valence-corrected chi connectivity index (χ3v) is 1.28. The highest BCUT2D eigenvalue weighted by atomic mass is 79.9. The number of nitrogens with one attached hydrogen (secondary N) is 2. The molecule has 0 bridgehead atoms. The van der Waals surface area contributed by atoms with Crippen LogP contribution < -0.4 is 16.5 Å². The van der Waals surface area contributed by atoms with Crippen LogP contribution in [0, 0.1) is 0 Å². The summed E-state index contributed by atoms with van der Waals surface area (Å²) in [6.45, 7) is 2.94. The first-order valence-electron chi connectivity index (χ1n) is 3.49. The molecule has 1 unspecified atom stereocenters. The zero-order valence-electron chi connectivity index (χ0n) is 7.40. The van der Waals surface area contributed by atoms with Crippen molar-refractivity contribution in [3.63, 3.8) is 0 Å². The molecule has 13 heavy (non-hydrogen) atoms. The van der Waals surface area contributed by atoms with Crippen LogP contribution in [0.3, 0.4) is 0 Å². The third-order valence-electron chi connectivity index (χ3n) is 1.28. The molecule has 0 radical (unpaired) electrons. The van der Waals surface area contributed by atoms with Gasteiger partial charge in [0.1, 0.15) is 6.04 Å². The molecule has 0 saturated carbocycles. The lowest BCUT2D eigenvalue weighted by Gasteiger charge is -2.12. The van der Waals surface area contributed by atoms with Gasteiger partial charge in [0.25, 0.3) is 5.91 Å². The Morgan fingerprint density at radius 3 is 2.08 bits per heavy atom. The number of amides is 2. The molecule has 0 spiro atoms. The summed E-state index contributed by atoms with van der Waals surface area (Å²) in [4.78, 5) is 21.5. The molecule has 0 heterocycles. The molecule has 0 rings (SSSR count).